The zero-order chi connectivity index (χ0) is 13.4. The van der Waals surface area contributed by atoms with Gasteiger partial charge in [-0.1, -0.05) is 22.0 Å². The molecule has 94 valence electrons. The van der Waals surface area contributed by atoms with Crippen molar-refractivity contribution in [2.45, 2.75) is 6.92 Å². The van der Waals surface area contributed by atoms with E-state index in [1.165, 1.54) is 6.20 Å². The zero-order valence-corrected chi connectivity index (χ0v) is 11.6. The molecule has 0 radical (unpaired) electrons. The lowest BCUT2D eigenvalue weighted by molar-refractivity contribution is 0.111. The average Bonchev–Trinajstić information content (AvgIpc) is 2.84. The molecule has 0 aliphatic rings. The number of aldehydes is 1. The minimum absolute atomic E-state index is 0.346. The second kappa shape index (κ2) is 4.59. The summed E-state index contributed by atoms with van der Waals surface area (Å²) in [6.07, 6.45) is 2.21. The van der Waals surface area contributed by atoms with Gasteiger partial charge in [-0.25, -0.2) is 9.97 Å². The van der Waals surface area contributed by atoms with Gasteiger partial charge in [-0.05, 0) is 30.7 Å². The largest absolute Gasteiger partial charge is 0.434 e. The van der Waals surface area contributed by atoms with Crippen LogP contribution in [0.3, 0.4) is 0 Å². The average molecular weight is 317 g/mol. The molecule has 2 heterocycles. The minimum atomic E-state index is 0.346. The van der Waals surface area contributed by atoms with E-state index in [1.807, 2.05) is 25.1 Å². The molecule has 0 saturated carbocycles. The quantitative estimate of drug-likeness (QED) is 0.675. The highest BCUT2D eigenvalue weighted by molar-refractivity contribution is 9.10. The fourth-order valence-electron chi connectivity index (χ4n) is 1.87. The van der Waals surface area contributed by atoms with E-state index in [4.69, 9.17) is 4.42 Å². The second-order valence-electron chi connectivity index (χ2n) is 4.13. The first kappa shape index (κ1) is 12.0. The van der Waals surface area contributed by atoms with Gasteiger partial charge in [-0.3, -0.25) is 4.79 Å². The number of halogens is 1. The molecule has 0 spiro atoms. The molecule has 3 rings (SSSR count). The van der Waals surface area contributed by atoms with Gasteiger partial charge in [0.05, 0.1) is 6.20 Å². The van der Waals surface area contributed by atoms with Crippen molar-refractivity contribution in [3.63, 3.8) is 0 Å². The normalized spacial score (nSPS) is 10.8. The van der Waals surface area contributed by atoms with Crippen LogP contribution in [0.15, 0.2) is 39.4 Å². The van der Waals surface area contributed by atoms with Crippen molar-refractivity contribution >= 4 is 33.3 Å². The maximum absolute atomic E-state index is 10.7. The van der Waals surface area contributed by atoms with E-state index in [0.29, 0.717) is 29.0 Å². The summed E-state index contributed by atoms with van der Waals surface area (Å²) in [6.45, 7) is 1.99. The van der Waals surface area contributed by atoms with E-state index in [0.717, 1.165) is 15.6 Å². The summed E-state index contributed by atoms with van der Waals surface area (Å²) in [4.78, 5) is 19.1. The molecule has 0 amide bonds. The molecule has 0 fully saturated rings. The van der Waals surface area contributed by atoms with Crippen LogP contribution >= 0.6 is 15.9 Å². The Balaban J connectivity index is 2.20. The van der Waals surface area contributed by atoms with E-state index in [1.54, 1.807) is 6.07 Å². The van der Waals surface area contributed by atoms with Crippen LogP contribution in [0.25, 0.3) is 22.6 Å². The first-order valence-electron chi connectivity index (χ1n) is 5.66. The van der Waals surface area contributed by atoms with Crippen molar-refractivity contribution < 1.29 is 9.21 Å². The summed E-state index contributed by atoms with van der Waals surface area (Å²) < 4.78 is 6.68. The summed E-state index contributed by atoms with van der Waals surface area (Å²) >= 11 is 3.48. The van der Waals surface area contributed by atoms with Gasteiger partial charge in [0.25, 0.3) is 0 Å². The van der Waals surface area contributed by atoms with Gasteiger partial charge < -0.3 is 4.42 Å². The summed E-state index contributed by atoms with van der Waals surface area (Å²) in [5.74, 6) is 0.527. The standard InChI is InChI=1S/C14H9BrN2O2/c1-8-10(3-2-4-11(8)15)14-17-12-5-9(7-18)16-6-13(12)19-14/h2-7H,1H3. The number of aromatic nitrogens is 2. The molecule has 2 aromatic heterocycles. The predicted molar refractivity (Wildman–Crippen MR) is 75.1 cm³/mol. The first-order valence-corrected chi connectivity index (χ1v) is 6.45. The van der Waals surface area contributed by atoms with Gasteiger partial charge in [-0.15, -0.1) is 0 Å². The smallest absolute Gasteiger partial charge is 0.227 e. The monoisotopic (exact) mass is 316 g/mol. The van der Waals surface area contributed by atoms with E-state index >= 15 is 0 Å². The number of carbonyl (C=O) groups excluding carboxylic acids is 1. The molecule has 3 aromatic rings. The fraction of sp³-hybridized carbons (Fsp3) is 0.0714. The van der Waals surface area contributed by atoms with Gasteiger partial charge in [0.2, 0.25) is 5.89 Å². The number of rotatable bonds is 2. The van der Waals surface area contributed by atoms with Crippen LogP contribution in [0.4, 0.5) is 0 Å². The lowest BCUT2D eigenvalue weighted by Gasteiger charge is -2.02. The SMILES string of the molecule is Cc1c(Br)cccc1-c1nc2cc(C=O)ncc2o1. The summed E-state index contributed by atoms with van der Waals surface area (Å²) in [5.41, 5.74) is 3.51. The molecule has 5 heteroatoms. The molecule has 0 saturated heterocycles. The topological polar surface area (TPSA) is 56.0 Å². The van der Waals surface area contributed by atoms with Crippen LogP contribution < -0.4 is 0 Å². The molecule has 0 bridgehead atoms. The van der Waals surface area contributed by atoms with Gasteiger partial charge in [0.15, 0.2) is 11.9 Å². The van der Waals surface area contributed by atoms with Gasteiger partial charge >= 0.3 is 0 Å². The predicted octanol–water partition coefficient (Wildman–Crippen LogP) is 3.77. The molecular weight excluding hydrogens is 308 g/mol. The molecule has 1 aromatic carbocycles. The Morgan fingerprint density at radius 3 is 3.00 bits per heavy atom. The van der Waals surface area contributed by atoms with Crippen molar-refractivity contribution in [1.29, 1.82) is 0 Å². The molecule has 0 aliphatic heterocycles. The molecule has 4 nitrogen and oxygen atoms in total. The van der Waals surface area contributed by atoms with Gasteiger partial charge in [0, 0.05) is 10.0 Å². The van der Waals surface area contributed by atoms with Crippen LogP contribution in [-0.2, 0) is 0 Å². The highest BCUT2D eigenvalue weighted by atomic mass is 79.9. The van der Waals surface area contributed by atoms with Crippen LogP contribution in [0, 0.1) is 6.92 Å². The third-order valence-electron chi connectivity index (χ3n) is 2.92. The molecule has 0 unspecified atom stereocenters. The van der Waals surface area contributed by atoms with Crippen molar-refractivity contribution in [3.05, 3.63) is 46.2 Å². The number of oxazole rings is 1. The Kier molecular flexibility index (Phi) is 2.91. The maximum atomic E-state index is 10.7. The van der Waals surface area contributed by atoms with Crippen LogP contribution in [-0.4, -0.2) is 16.3 Å². The number of nitrogens with zero attached hydrogens (tertiary/aromatic N) is 2. The molecular formula is C14H9BrN2O2. The summed E-state index contributed by atoms with van der Waals surface area (Å²) in [5, 5.41) is 0. The van der Waals surface area contributed by atoms with Crippen LogP contribution in [0.5, 0.6) is 0 Å². The Morgan fingerprint density at radius 1 is 1.37 bits per heavy atom. The lowest BCUT2D eigenvalue weighted by Crippen LogP contribution is -1.85. The summed E-state index contributed by atoms with van der Waals surface area (Å²) in [6, 6.07) is 7.45. The van der Waals surface area contributed by atoms with Crippen molar-refractivity contribution in [2.24, 2.45) is 0 Å². The zero-order valence-electron chi connectivity index (χ0n) is 10.1. The highest BCUT2D eigenvalue weighted by Gasteiger charge is 2.12. The van der Waals surface area contributed by atoms with Crippen molar-refractivity contribution in [1.82, 2.24) is 9.97 Å². The second-order valence-corrected chi connectivity index (χ2v) is 4.98. The lowest BCUT2D eigenvalue weighted by atomic mass is 10.1. The Bertz CT molecular complexity index is 780. The first-order chi connectivity index (χ1) is 9.19. The van der Waals surface area contributed by atoms with E-state index < -0.39 is 0 Å². The van der Waals surface area contributed by atoms with Crippen molar-refractivity contribution in [2.75, 3.05) is 0 Å². The Labute approximate surface area is 117 Å². The number of carbonyl (C=O) groups is 1. The van der Waals surface area contributed by atoms with E-state index in [-0.39, 0.29) is 0 Å². The summed E-state index contributed by atoms with van der Waals surface area (Å²) in [7, 11) is 0. The van der Waals surface area contributed by atoms with Crippen molar-refractivity contribution in [3.8, 4) is 11.5 Å². The maximum Gasteiger partial charge on any atom is 0.227 e. The van der Waals surface area contributed by atoms with Gasteiger partial charge in [0.1, 0.15) is 11.2 Å². The third kappa shape index (κ3) is 2.06. The molecule has 0 N–H and O–H groups in total. The fourth-order valence-corrected chi connectivity index (χ4v) is 2.24. The Hall–Kier alpha value is -2.01. The number of hydrogen-bond acceptors (Lipinski definition) is 4. The third-order valence-corrected chi connectivity index (χ3v) is 3.77. The Morgan fingerprint density at radius 2 is 2.21 bits per heavy atom. The van der Waals surface area contributed by atoms with Crippen LogP contribution in [0.2, 0.25) is 0 Å². The minimum Gasteiger partial charge on any atom is -0.434 e. The number of pyridine rings is 1. The van der Waals surface area contributed by atoms with E-state index in [2.05, 4.69) is 25.9 Å². The number of hydrogen-bond donors (Lipinski definition) is 0. The number of fused-ring (bicyclic) bond motifs is 1. The van der Waals surface area contributed by atoms with Gasteiger partial charge in [-0.2, -0.15) is 0 Å². The molecule has 0 atom stereocenters. The van der Waals surface area contributed by atoms with E-state index in [9.17, 15) is 4.79 Å². The van der Waals surface area contributed by atoms with Crippen LogP contribution in [0.1, 0.15) is 16.1 Å². The molecule has 0 aliphatic carbocycles. The number of benzene rings is 1. The molecule has 19 heavy (non-hydrogen) atoms. The highest BCUT2D eigenvalue weighted by Crippen LogP contribution is 2.30.